The number of hydrogen-bond donors (Lipinski definition) is 2. The van der Waals surface area contributed by atoms with Crippen molar-refractivity contribution in [2.24, 2.45) is 0 Å². The van der Waals surface area contributed by atoms with Gasteiger partial charge in [0, 0.05) is 29.7 Å². The zero-order valence-corrected chi connectivity index (χ0v) is 17.9. The molecule has 0 spiro atoms. The maximum Gasteiger partial charge on any atom is 0.326 e. The van der Waals surface area contributed by atoms with Crippen molar-refractivity contribution in [1.82, 2.24) is 23.8 Å². The molecule has 5 rings (SSSR count). The molecule has 0 saturated carbocycles. The van der Waals surface area contributed by atoms with Crippen LogP contribution in [0, 0.1) is 0 Å². The van der Waals surface area contributed by atoms with Gasteiger partial charge in [0.15, 0.2) is 0 Å². The monoisotopic (exact) mass is 465 g/mol. The van der Waals surface area contributed by atoms with Crippen LogP contribution in [-0.4, -0.2) is 45.3 Å². The number of nitrogens with one attached hydrogen (secondary N) is 2. The van der Waals surface area contributed by atoms with Gasteiger partial charge < -0.3 is 9.97 Å². The van der Waals surface area contributed by atoms with Crippen molar-refractivity contribution in [3.05, 3.63) is 57.2 Å². The molecule has 2 N–H and O–H groups in total. The Balaban J connectivity index is 1.57. The molecule has 156 valence electrons. The van der Waals surface area contributed by atoms with Gasteiger partial charge in [-0.1, -0.05) is 23.2 Å². The predicted molar refractivity (Wildman–Crippen MR) is 116 cm³/mol. The lowest BCUT2D eigenvalue weighted by Gasteiger charge is -2.32. The smallest absolute Gasteiger partial charge is 0.326 e. The first-order valence-electron chi connectivity index (χ1n) is 9.38. The maximum atomic E-state index is 13.2. The van der Waals surface area contributed by atoms with Crippen LogP contribution in [0.2, 0.25) is 10.0 Å². The van der Waals surface area contributed by atoms with Crippen LogP contribution in [0.3, 0.4) is 0 Å². The first-order chi connectivity index (χ1) is 14.4. The van der Waals surface area contributed by atoms with E-state index in [2.05, 4.69) is 15.0 Å². The van der Waals surface area contributed by atoms with Crippen molar-refractivity contribution >= 4 is 55.3 Å². The van der Waals surface area contributed by atoms with E-state index in [1.54, 1.807) is 17.0 Å². The van der Waals surface area contributed by atoms with Gasteiger partial charge in [0.2, 0.25) is 10.0 Å². The molecule has 11 heteroatoms. The zero-order valence-electron chi connectivity index (χ0n) is 15.6. The lowest BCUT2D eigenvalue weighted by molar-refractivity contribution is 0.267. The number of rotatable bonds is 3. The highest BCUT2D eigenvalue weighted by atomic mass is 35.5. The highest BCUT2D eigenvalue weighted by Crippen LogP contribution is 2.33. The minimum Gasteiger partial charge on any atom is -0.346 e. The molecule has 4 aromatic rings. The number of H-pyrrole nitrogens is 2. The van der Waals surface area contributed by atoms with Crippen LogP contribution in [0.5, 0.6) is 0 Å². The van der Waals surface area contributed by atoms with Gasteiger partial charge in [-0.05, 0) is 37.1 Å². The van der Waals surface area contributed by atoms with E-state index in [0.717, 1.165) is 10.9 Å². The van der Waals surface area contributed by atoms with Crippen molar-refractivity contribution in [3.63, 3.8) is 0 Å². The molecule has 3 aromatic heterocycles. The highest BCUT2D eigenvalue weighted by molar-refractivity contribution is 7.89. The number of sulfonamides is 1. The number of hydrogen-bond acceptors (Lipinski definition) is 4. The van der Waals surface area contributed by atoms with Crippen LogP contribution in [0.4, 0.5) is 0 Å². The highest BCUT2D eigenvalue weighted by Gasteiger charge is 2.33. The minimum atomic E-state index is -3.83. The summed E-state index contributed by atoms with van der Waals surface area (Å²) in [5.41, 5.74) is 1.73. The summed E-state index contributed by atoms with van der Waals surface area (Å²) >= 11 is 12.1. The normalized spacial score (nSPS) is 18.4. The molecular weight excluding hydrogens is 449 g/mol. The van der Waals surface area contributed by atoms with E-state index < -0.39 is 10.0 Å². The molecule has 1 aromatic carbocycles. The number of nitrogens with zero attached hydrogens (tertiary/aromatic N) is 3. The molecule has 1 aliphatic rings. The zero-order chi connectivity index (χ0) is 21.0. The summed E-state index contributed by atoms with van der Waals surface area (Å²) in [6.07, 6.45) is 4.67. The molecule has 1 saturated heterocycles. The Labute approximate surface area is 181 Å². The van der Waals surface area contributed by atoms with Crippen LogP contribution in [0.25, 0.3) is 22.1 Å². The van der Waals surface area contributed by atoms with E-state index >= 15 is 0 Å². The number of benzene rings is 1. The van der Waals surface area contributed by atoms with E-state index in [9.17, 15) is 13.2 Å². The standard InChI is InChI=1S/C19H17Cl2N5O3S/c20-11-3-4-16(14(21)8-11)30(28,29)25-7-1-2-12(10-25)26-17-13-5-6-22-18(13)23-9-15(17)24-19(26)27/h3-6,8-9,12H,1-2,7,10H2,(H,22,23)(H,24,27)/t12-/m1/s1. The van der Waals surface area contributed by atoms with E-state index in [4.69, 9.17) is 23.2 Å². The Bertz CT molecular complexity index is 1440. The quantitative estimate of drug-likeness (QED) is 0.482. The number of imidazole rings is 1. The molecule has 0 amide bonds. The molecule has 1 aliphatic heterocycles. The van der Waals surface area contributed by atoms with Gasteiger partial charge in [0.1, 0.15) is 10.5 Å². The van der Waals surface area contributed by atoms with E-state index in [1.165, 1.54) is 22.5 Å². The summed E-state index contributed by atoms with van der Waals surface area (Å²) in [4.78, 5) is 23.0. The average molecular weight is 466 g/mol. The topological polar surface area (TPSA) is 104 Å². The van der Waals surface area contributed by atoms with Crippen LogP contribution >= 0.6 is 23.2 Å². The molecular formula is C19H17Cl2N5O3S. The Morgan fingerprint density at radius 3 is 2.83 bits per heavy atom. The number of fused-ring (bicyclic) bond motifs is 3. The van der Waals surface area contributed by atoms with Crippen LogP contribution in [-0.2, 0) is 10.0 Å². The molecule has 0 radical (unpaired) electrons. The summed E-state index contributed by atoms with van der Waals surface area (Å²) in [6.45, 7) is 0.526. The van der Waals surface area contributed by atoms with Gasteiger partial charge in [0.05, 0.1) is 28.3 Å². The van der Waals surface area contributed by atoms with Crippen molar-refractivity contribution in [2.45, 2.75) is 23.8 Å². The third-order valence-corrected chi connectivity index (χ3v) is 8.08. The third-order valence-electron chi connectivity index (χ3n) is 5.50. The predicted octanol–water partition coefficient (Wildman–Crippen LogP) is 3.54. The number of aromatic nitrogens is 4. The van der Waals surface area contributed by atoms with Crippen molar-refractivity contribution in [1.29, 1.82) is 0 Å². The molecule has 1 fully saturated rings. The molecule has 8 nitrogen and oxygen atoms in total. The van der Waals surface area contributed by atoms with Gasteiger partial charge in [-0.15, -0.1) is 0 Å². The van der Waals surface area contributed by atoms with Crippen molar-refractivity contribution in [3.8, 4) is 0 Å². The van der Waals surface area contributed by atoms with E-state index in [1.807, 2.05) is 6.07 Å². The molecule has 0 unspecified atom stereocenters. The van der Waals surface area contributed by atoms with E-state index in [0.29, 0.717) is 35.6 Å². The average Bonchev–Trinajstić information content (AvgIpc) is 3.31. The van der Waals surface area contributed by atoms with Crippen LogP contribution in [0.1, 0.15) is 18.9 Å². The fraction of sp³-hybridized carbons (Fsp3) is 0.263. The van der Waals surface area contributed by atoms with Gasteiger partial charge >= 0.3 is 5.69 Å². The number of halogens is 2. The van der Waals surface area contributed by atoms with Crippen molar-refractivity contribution < 1.29 is 8.42 Å². The SMILES string of the molecule is O=c1[nH]c2cnc3[nH]ccc3c2n1[C@@H]1CCCN(S(=O)(=O)c2ccc(Cl)cc2Cl)C1. The largest absolute Gasteiger partial charge is 0.346 e. The second kappa shape index (κ2) is 7.12. The number of pyridine rings is 1. The summed E-state index contributed by atoms with van der Waals surface area (Å²) in [5.74, 6) is 0. The number of aromatic amines is 2. The summed E-state index contributed by atoms with van der Waals surface area (Å²) in [7, 11) is -3.83. The molecule has 0 bridgehead atoms. The van der Waals surface area contributed by atoms with Crippen LogP contribution in [0.15, 0.2) is 46.3 Å². The Morgan fingerprint density at radius 2 is 2.03 bits per heavy atom. The molecule has 4 heterocycles. The third kappa shape index (κ3) is 3.04. The first kappa shape index (κ1) is 19.6. The van der Waals surface area contributed by atoms with Crippen molar-refractivity contribution in [2.75, 3.05) is 13.1 Å². The fourth-order valence-corrected chi connectivity index (χ4v) is 6.41. The summed E-state index contributed by atoms with van der Waals surface area (Å²) in [6, 6.07) is 5.87. The summed E-state index contributed by atoms with van der Waals surface area (Å²) < 4.78 is 29.5. The lowest BCUT2D eigenvalue weighted by atomic mass is 10.1. The Morgan fingerprint density at radius 1 is 1.20 bits per heavy atom. The lowest BCUT2D eigenvalue weighted by Crippen LogP contribution is -2.42. The van der Waals surface area contributed by atoms with Crippen LogP contribution < -0.4 is 5.69 Å². The second-order valence-corrected chi connectivity index (χ2v) is 10.0. The fourth-order valence-electron chi connectivity index (χ4n) is 4.14. The van der Waals surface area contributed by atoms with Gasteiger partial charge in [-0.3, -0.25) is 4.57 Å². The molecule has 0 aliphatic carbocycles. The first-order valence-corrected chi connectivity index (χ1v) is 11.6. The Hall–Kier alpha value is -2.33. The number of piperidine rings is 1. The summed E-state index contributed by atoms with van der Waals surface area (Å²) in [5, 5.41) is 1.26. The minimum absolute atomic E-state index is 0.0118. The van der Waals surface area contributed by atoms with Gasteiger partial charge in [0.25, 0.3) is 0 Å². The molecule has 1 atom stereocenters. The van der Waals surface area contributed by atoms with E-state index in [-0.39, 0.29) is 28.2 Å². The second-order valence-electron chi connectivity index (χ2n) is 7.29. The van der Waals surface area contributed by atoms with Gasteiger partial charge in [-0.25, -0.2) is 18.2 Å². The maximum absolute atomic E-state index is 13.2. The Kier molecular flexibility index (Phi) is 4.66. The molecule has 30 heavy (non-hydrogen) atoms. The van der Waals surface area contributed by atoms with Gasteiger partial charge in [-0.2, -0.15) is 4.31 Å².